The standard InChI is InChI=1S/C58H100N6O19/c1-52(2,3)77-45(70)33-27-39(51(76)83-58(19,20)21)64-44(69)32-26-38(50(75)82-57(16,17)18)63-43(68)31-25-37(49(74)81-56(13,14)15)62-42(67)30-24-36(48(73)80-55(10,11)12)61-41(66)29-23-35(47(72)79-54(7,8)9)60-40(65)28-22-34(59)46(71)78-53(4,5)6/h34-39H,22-33,59H2,1-21H3,(H,60,65)(H,61,66)(H,62,67)(H,63,68)(H,64,69)/t34-,35-,36-,37-,38-,39-/m0/s1. The smallest absolute Gasteiger partial charge is 0.329 e. The van der Waals surface area contributed by atoms with Crippen molar-refractivity contribution in [2.24, 2.45) is 5.73 Å². The SMILES string of the molecule is CC(C)(C)OC(=O)CC[C@H](NC(=O)CC[C@H](NC(=O)CC[C@H](NC(=O)CC[C@H](NC(=O)CC[C@H](NC(=O)CC[C@H](N)C(=O)OC(C)(C)C)C(=O)OC(C)(C)C)C(=O)OC(C)(C)C)C(=O)OC(C)(C)C)C(=O)OC(C)(C)C)C(=O)OC(C)(C)C. The fourth-order valence-corrected chi connectivity index (χ4v) is 6.98. The highest BCUT2D eigenvalue weighted by Crippen LogP contribution is 2.19. The van der Waals surface area contributed by atoms with Crippen LogP contribution >= 0.6 is 0 Å². The van der Waals surface area contributed by atoms with E-state index in [1.54, 1.807) is 145 Å². The summed E-state index contributed by atoms with van der Waals surface area (Å²) in [5.74, 6) is -9.54. The van der Waals surface area contributed by atoms with Gasteiger partial charge in [-0.3, -0.25) is 33.6 Å². The van der Waals surface area contributed by atoms with Gasteiger partial charge in [-0.2, -0.15) is 0 Å². The second-order valence-corrected chi connectivity index (χ2v) is 27.2. The van der Waals surface area contributed by atoms with E-state index < -0.39 is 172 Å². The van der Waals surface area contributed by atoms with E-state index in [1.165, 1.54) is 0 Å². The Balaban J connectivity index is 6.40. The third-order valence-corrected chi connectivity index (χ3v) is 10.2. The van der Waals surface area contributed by atoms with Gasteiger partial charge < -0.3 is 65.5 Å². The first-order valence-corrected chi connectivity index (χ1v) is 28.1. The number of nitrogens with two attached hydrogens (primary N) is 1. The molecule has 0 aromatic heterocycles. The first-order valence-electron chi connectivity index (χ1n) is 28.1. The molecule has 0 rings (SSSR count). The maximum absolute atomic E-state index is 13.7. The van der Waals surface area contributed by atoms with Gasteiger partial charge in [0.15, 0.2) is 0 Å². The molecule has 25 heteroatoms. The molecule has 0 aliphatic carbocycles. The summed E-state index contributed by atoms with van der Waals surface area (Å²) in [7, 11) is 0. The van der Waals surface area contributed by atoms with Crippen LogP contribution in [0.15, 0.2) is 0 Å². The van der Waals surface area contributed by atoms with Crippen molar-refractivity contribution in [1.29, 1.82) is 0 Å². The molecule has 0 radical (unpaired) electrons. The Hall–Kier alpha value is -6.40. The van der Waals surface area contributed by atoms with Gasteiger partial charge in [0.25, 0.3) is 0 Å². The molecule has 7 N–H and O–H groups in total. The van der Waals surface area contributed by atoms with Crippen molar-refractivity contribution in [1.82, 2.24) is 26.6 Å². The molecule has 0 saturated carbocycles. The third kappa shape index (κ3) is 38.9. The third-order valence-electron chi connectivity index (χ3n) is 10.2. The van der Waals surface area contributed by atoms with Crippen LogP contribution in [-0.4, -0.2) is 147 Å². The monoisotopic (exact) mass is 1180 g/mol. The van der Waals surface area contributed by atoms with Crippen LogP contribution in [0.5, 0.6) is 0 Å². The summed E-state index contributed by atoms with van der Waals surface area (Å²) in [6, 6.07) is -8.11. The molecule has 0 bridgehead atoms. The molecule has 83 heavy (non-hydrogen) atoms. The highest BCUT2D eigenvalue weighted by atomic mass is 16.6. The number of rotatable bonds is 29. The molecule has 0 saturated heterocycles. The largest absolute Gasteiger partial charge is 0.460 e. The van der Waals surface area contributed by atoms with E-state index >= 15 is 0 Å². The van der Waals surface area contributed by atoms with E-state index in [1.807, 2.05) is 0 Å². The maximum Gasteiger partial charge on any atom is 0.329 e. The number of carbonyl (C=O) groups excluding carboxylic acids is 12. The molecule has 0 heterocycles. The Morgan fingerprint density at radius 2 is 0.434 bits per heavy atom. The van der Waals surface area contributed by atoms with E-state index in [2.05, 4.69) is 26.6 Å². The van der Waals surface area contributed by atoms with Crippen molar-refractivity contribution < 1.29 is 90.7 Å². The van der Waals surface area contributed by atoms with E-state index in [9.17, 15) is 57.5 Å². The quantitative estimate of drug-likeness (QED) is 0.0432. The molecule has 0 fully saturated rings. The molecule has 5 amide bonds. The zero-order chi connectivity index (χ0) is 64.9. The summed E-state index contributed by atoms with van der Waals surface area (Å²) in [6.07, 6.45) is -4.01. The number of esters is 7. The molecule has 0 spiro atoms. The van der Waals surface area contributed by atoms with Crippen molar-refractivity contribution in [3.8, 4) is 0 Å². The van der Waals surface area contributed by atoms with Crippen molar-refractivity contribution in [2.45, 2.75) is 298 Å². The van der Waals surface area contributed by atoms with E-state index in [0.717, 1.165) is 0 Å². The van der Waals surface area contributed by atoms with E-state index in [0.29, 0.717) is 0 Å². The Labute approximate surface area is 490 Å². The minimum atomic E-state index is -1.47. The molecule has 25 nitrogen and oxygen atoms in total. The summed E-state index contributed by atoms with van der Waals surface area (Å²) in [5, 5.41) is 12.7. The van der Waals surface area contributed by atoms with Crippen LogP contribution in [0.2, 0.25) is 0 Å². The topological polar surface area (TPSA) is 356 Å². The van der Waals surface area contributed by atoms with Crippen molar-refractivity contribution in [3.05, 3.63) is 0 Å². The van der Waals surface area contributed by atoms with E-state index in [-0.39, 0.29) is 51.4 Å². The van der Waals surface area contributed by atoms with Gasteiger partial charge in [0.1, 0.15) is 75.5 Å². The zero-order valence-corrected chi connectivity index (χ0v) is 53.3. The van der Waals surface area contributed by atoms with Crippen LogP contribution in [0.1, 0.15) is 222 Å². The number of hydrogen-bond donors (Lipinski definition) is 6. The molecular weight excluding hydrogens is 1080 g/mol. The Bertz CT molecular complexity index is 2250. The fraction of sp³-hybridized carbons (Fsp3) is 0.793. The zero-order valence-electron chi connectivity index (χ0n) is 53.3. The molecule has 6 atom stereocenters. The van der Waals surface area contributed by atoms with Gasteiger partial charge in [-0.05, 0) is 184 Å². The molecule has 0 aromatic rings. The first-order chi connectivity index (χ1) is 37.3. The van der Waals surface area contributed by atoms with E-state index in [4.69, 9.17) is 38.9 Å². The van der Waals surface area contributed by atoms with Crippen LogP contribution in [0, 0.1) is 0 Å². The highest BCUT2D eigenvalue weighted by Gasteiger charge is 2.35. The molecule has 0 aliphatic rings. The van der Waals surface area contributed by atoms with Crippen LogP contribution in [0.4, 0.5) is 0 Å². The normalized spacial score (nSPS) is 14.5. The lowest BCUT2D eigenvalue weighted by Crippen LogP contribution is -2.48. The fourth-order valence-electron chi connectivity index (χ4n) is 6.98. The summed E-state index contributed by atoms with van der Waals surface area (Å²) in [6.45, 7) is 34.0. The number of nitrogens with one attached hydrogen (secondary N) is 5. The Kier molecular flexibility index (Phi) is 30.1. The molecule has 0 aliphatic heterocycles. The van der Waals surface area contributed by atoms with Gasteiger partial charge in [0.05, 0.1) is 0 Å². The lowest BCUT2D eigenvalue weighted by atomic mass is 10.1. The lowest BCUT2D eigenvalue weighted by Gasteiger charge is -2.27. The molecular formula is C58H100N6O19. The summed E-state index contributed by atoms with van der Waals surface area (Å²) >= 11 is 0. The average molecular weight is 1190 g/mol. The predicted molar refractivity (Wildman–Crippen MR) is 304 cm³/mol. The highest BCUT2D eigenvalue weighted by molar-refractivity contribution is 5.90. The van der Waals surface area contributed by atoms with Gasteiger partial charge in [0.2, 0.25) is 29.5 Å². The molecule has 0 aromatic carbocycles. The van der Waals surface area contributed by atoms with Gasteiger partial charge in [-0.25, -0.2) is 24.0 Å². The minimum Gasteiger partial charge on any atom is -0.460 e. The van der Waals surface area contributed by atoms with Gasteiger partial charge in [-0.1, -0.05) is 0 Å². The van der Waals surface area contributed by atoms with Crippen molar-refractivity contribution in [3.63, 3.8) is 0 Å². The summed E-state index contributed by atoms with van der Waals surface area (Å²) in [4.78, 5) is 159. The van der Waals surface area contributed by atoms with Crippen molar-refractivity contribution >= 4 is 71.3 Å². The Morgan fingerprint density at radius 1 is 0.265 bits per heavy atom. The minimum absolute atomic E-state index is 0.120. The number of hydrogen-bond acceptors (Lipinski definition) is 20. The number of ether oxygens (including phenoxy) is 7. The molecule has 476 valence electrons. The Morgan fingerprint density at radius 3 is 0.627 bits per heavy atom. The molecule has 0 unspecified atom stereocenters. The van der Waals surface area contributed by atoms with Crippen LogP contribution in [0.25, 0.3) is 0 Å². The first kappa shape index (κ1) is 76.6. The van der Waals surface area contributed by atoms with Crippen LogP contribution < -0.4 is 32.3 Å². The average Bonchev–Trinajstić information content (AvgIpc) is 3.26. The van der Waals surface area contributed by atoms with Gasteiger partial charge in [-0.15, -0.1) is 0 Å². The van der Waals surface area contributed by atoms with Crippen LogP contribution in [0.3, 0.4) is 0 Å². The second-order valence-electron chi connectivity index (χ2n) is 27.2. The summed E-state index contributed by atoms with van der Waals surface area (Å²) < 4.78 is 38.2. The predicted octanol–water partition coefficient (Wildman–Crippen LogP) is 4.81. The van der Waals surface area contributed by atoms with Gasteiger partial charge >= 0.3 is 41.8 Å². The second kappa shape index (κ2) is 32.6. The lowest BCUT2D eigenvalue weighted by molar-refractivity contribution is -0.161. The summed E-state index contributed by atoms with van der Waals surface area (Å²) in [5.41, 5.74) is -0.745. The van der Waals surface area contributed by atoms with Crippen molar-refractivity contribution in [2.75, 3.05) is 0 Å². The number of amides is 5. The van der Waals surface area contributed by atoms with Gasteiger partial charge in [0, 0.05) is 38.5 Å². The number of carbonyl (C=O) groups is 12. The maximum atomic E-state index is 13.7. The van der Waals surface area contributed by atoms with Crippen LogP contribution in [-0.2, 0) is 90.7 Å².